The standard InChI is InChI=1S/C15H18N6O2/c1-20-8-11(5-17-20)15-14-10-23-13(9-21(14)19-18-15)7-16-6-12-3-2-4-22-12/h2-5,8,13,16H,6-7,9-10H2,1H3. The van der Waals surface area contributed by atoms with E-state index in [4.69, 9.17) is 9.15 Å². The van der Waals surface area contributed by atoms with Crippen LogP contribution in [0.1, 0.15) is 11.5 Å². The molecule has 0 aromatic carbocycles. The maximum absolute atomic E-state index is 5.93. The first-order valence-electron chi connectivity index (χ1n) is 7.55. The van der Waals surface area contributed by atoms with Gasteiger partial charge in [-0.1, -0.05) is 5.21 Å². The molecule has 1 aliphatic rings. The number of hydrogen-bond acceptors (Lipinski definition) is 6. The molecule has 4 rings (SSSR count). The normalized spacial score (nSPS) is 17.3. The number of furan rings is 1. The fourth-order valence-electron chi connectivity index (χ4n) is 2.73. The molecule has 0 saturated heterocycles. The molecule has 0 aliphatic carbocycles. The highest BCUT2D eigenvalue weighted by Gasteiger charge is 2.24. The summed E-state index contributed by atoms with van der Waals surface area (Å²) in [4.78, 5) is 0. The Labute approximate surface area is 133 Å². The summed E-state index contributed by atoms with van der Waals surface area (Å²) in [5.41, 5.74) is 2.81. The lowest BCUT2D eigenvalue weighted by atomic mass is 10.2. The molecule has 8 nitrogen and oxygen atoms in total. The van der Waals surface area contributed by atoms with Crippen LogP contribution in [0.2, 0.25) is 0 Å². The molecule has 8 heteroatoms. The summed E-state index contributed by atoms with van der Waals surface area (Å²) < 4.78 is 14.9. The Morgan fingerprint density at radius 2 is 2.39 bits per heavy atom. The first-order valence-corrected chi connectivity index (χ1v) is 7.55. The Kier molecular flexibility index (Phi) is 3.68. The van der Waals surface area contributed by atoms with Gasteiger partial charge in [0.05, 0.1) is 44.0 Å². The zero-order chi connectivity index (χ0) is 15.6. The molecule has 3 aromatic heterocycles. The van der Waals surface area contributed by atoms with Crippen LogP contribution in [0.25, 0.3) is 11.3 Å². The van der Waals surface area contributed by atoms with Gasteiger partial charge in [0, 0.05) is 25.4 Å². The number of rotatable bonds is 5. The zero-order valence-electron chi connectivity index (χ0n) is 12.8. The molecule has 0 spiro atoms. The van der Waals surface area contributed by atoms with Crippen LogP contribution in [0.3, 0.4) is 0 Å². The molecule has 3 aromatic rings. The maximum atomic E-state index is 5.93. The van der Waals surface area contributed by atoms with Crippen molar-refractivity contribution in [3.63, 3.8) is 0 Å². The average Bonchev–Trinajstić information content (AvgIpc) is 3.27. The third-order valence-electron chi connectivity index (χ3n) is 3.90. The van der Waals surface area contributed by atoms with E-state index in [2.05, 4.69) is 20.7 Å². The van der Waals surface area contributed by atoms with Gasteiger partial charge in [0.2, 0.25) is 0 Å². The van der Waals surface area contributed by atoms with Crippen molar-refractivity contribution in [3.8, 4) is 11.3 Å². The molecule has 0 radical (unpaired) electrons. The molecular formula is C15H18N6O2. The van der Waals surface area contributed by atoms with Crippen LogP contribution in [0.5, 0.6) is 0 Å². The predicted molar refractivity (Wildman–Crippen MR) is 81.2 cm³/mol. The molecule has 4 heterocycles. The average molecular weight is 314 g/mol. The van der Waals surface area contributed by atoms with E-state index in [1.165, 1.54) is 0 Å². The van der Waals surface area contributed by atoms with Gasteiger partial charge in [-0.2, -0.15) is 5.10 Å². The largest absolute Gasteiger partial charge is 0.468 e. The van der Waals surface area contributed by atoms with E-state index in [1.807, 2.05) is 30.1 Å². The van der Waals surface area contributed by atoms with Crippen LogP contribution in [-0.4, -0.2) is 37.4 Å². The summed E-state index contributed by atoms with van der Waals surface area (Å²) in [6.45, 7) is 2.62. The molecule has 1 N–H and O–H groups in total. The third-order valence-corrected chi connectivity index (χ3v) is 3.90. The van der Waals surface area contributed by atoms with Crippen molar-refractivity contribution in [1.29, 1.82) is 0 Å². The van der Waals surface area contributed by atoms with Gasteiger partial charge in [-0.15, -0.1) is 5.10 Å². The van der Waals surface area contributed by atoms with Crippen LogP contribution in [0.4, 0.5) is 0 Å². The van der Waals surface area contributed by atoms with E-state index in [9.17, 15) is 0 Å². The number of aromatic nitrogens is 5. The first-order chi connectivity index (χ1) is 11.3. The van der Waals surface area contributed by atoms with Crippen LogP contribution in [0.15, 0.2) is 35.2 Å². The molecule has 1 atom stereocenters. The van der Waals surface area contributed by atoms with Gasteiger partial charge in [-0.25, -0.2) is 4.68 Å². The van der Waals surface area contributed by atoms with E-state index < -0.39 is 0 Å². The van der Waals surface area contributed by atoms with Gasteiger partial charge in [-0.3, -0.25) is 4.68 Å². The number of fused-ring (bicyclic) bond motifs is 1. The second-order valence-electron chi connectivity index (χ2n) is 5.61. The van der Waals surface area contributed by atoms with E-state index >= 15 is 0 Å². The lowest BCUT2D eigenvalue weighted by molar-refractivity contribution is 0.00106. The molecule has 1 aliphatic heterocycles. The van der Waals surface area contributed by atoms with Crippen molar-refractivity contribution in [2.45, 2.75) is 25.8 Å². The lowest BCUT2D eigenvalue weighted by Crippen LogP contribution is -2.36. The predicted octanol–water partition coefficient (Wildman–Crippen LogP) is 0.960. The van der Waals surface area contributed by atoms with E-state index in [0.717, 1.165) is 29.3 Å². The highest BCUT2D eigenvalue weighted by molar-refractivity contribution is 5.59. The van der Waals surface area contributed by atoms with Crippen molar-refractivity contribution >= 4 is 0 Å². The first kappa shape index (κ1) is 14.2. The molecular weight excluding hydrogens is 296 g/mol. The van der Waals surface area contributed by atoms with Crippen molar-refractivity contribution in [3.05, 3.63) is 42.2 Å². The smallest absolute Gasteiger partial charge is 0.121 e. The lowest BCUT2D eigenvalue weighted by Gasteiger charge is -2.24. The molecule has 0 bridgehead atoms. The summed E-state index contributed by atoms with van der Waals surface area (Å²) in [6, 6.07) is 3.83. The molecule has 1 unspecified atom stereocenters. The molecule has 23 heavy (non-hydrogen) atoms. The molecule has 120 valence electrons. The van der Waals surface area contributed by atoms with Crippen LogP contribution >= 0.6 is 0 Å². The summed E-state index contributed by atoms with van der Waals surface area (Å²) in [5, 5.41) is 16.1. The number of nitrogens with one attached hydrogen (secondary N) is 1. The summed E-state index contributed by atoms with van der Waals surface area (Å²) in [7, 11) is 1.89. The minimum absolute atomic E-state index is 0.0703. The Hall–Kier alpha value is -2.45. The van der Waals surface area contributed by atoms with Gasteiger partial charge in [0.15, 0.2) is 0 Å². The second kappa shape index (κ2) is 5.98. The maximum Gasteiger partial charge on any atom is 0.121 e. The minimum Gasteiger partial charge on any atom is -0.468 e. The summed E-state index contributed by atoms with van der Waals surface area (Å²) in [6.07, 6.45) is 5.47. The van der Waals surface area contributed by atoms with Crippen molar-refractivity contribution in [2.75, 3.05) is 6.54 Å². The SMILES string of the molecule is Cn1cc(-c2nnn3c2COC(CNCc2ccco2)C3)cn1. The quantitative estimate of drug-likeness (QED) is 0.755. The number of hydrogen-bond donors (Lipinski definition) is 1. The van der Waals surface area contributed by atoms with Gasteiger partial charge < -0.3 is 14.5 Å². The highest BCUT2D eigenvalue weighted by Crippen LogP contribution is 2.24. The van der Waals surface area contributed by atoms with E-state index in [-0.39, 0.29) is 6.10 Å². The van der Waals surface area contributed by atoms with Gasteiger partial charge in [-0.05, 0) is 12.1 Å². The van der Waals surface area contributed by atoms with Gasteiger partial charge in [0.1, 0.15) is 11.5 Å². The zero-order valence-corrected chi connectivity index (χ0v) is 12.8. The summed E-state index contributed by atoms with van der Waals surface area (Å²) in [5.74, 6) is 0.918. The molecule has 0 saturated carbocycles. The molecule has 0 amide bonds. The van der Waals surface area contributed by atoms with Crippen LogP contribution in [-0.2, 0) is 31.5 Å². The third kappa shape index (κ3) is 2.90. The second-order valence-corrected chi connectivity index (χ2v) is 5.61. The van der Waals surface area contributed by atoms with Crippen molar-refractivity contribution in [1.82, 2.24) is 30.1 Å². The molecule has 0 fully saturated rings. The topological polar surface area (TPSA) is 82.9 Å². The fourth-order valence-corrected chi connectivity index (χ4v) is 2.73. The highest BCUT2D eigenvalue weighted by atomic mass is 16.5. The Morgan fingerprint density at radius 1 is 1.43 bits per heavy atom. The van der Waals surface area contributed by atoms with Crippen LogP contribution < -0.4 is 5.32 Å². The number of nitrogens with zero attached hydrogens (tertiary/aromatic N) is 5. The fraction of sp³-hybridized carbons (Fsp3) is 0.400. The van der Waals surface area contributed by atoms with Crippen molar-refractivity contribution in [2.24, 2.45) is 7.05 Å². The van der Waals surface area contributed by atoms with Gasteiger partial charge >= 0.3 is 0 Å². The minimum atomic E-state index is 0.0703. The van der Waals surface area contributed by atoms with E-state index in [1.54, 1.807) is 17.1 Å². The number of aryl methyl sites for hydroxylation is 1. The Morgan fingerprint density at radius 3 is 3.17 bits per heavy atom. The summed E-state index contributed by atoms with van der Waals surface area (Å²) >= 11 is 0. The van der Waals surface area contributed by atoms with Crippen molar-refractivity contribution < 1.29 is 9.15 Å². The number of ether oxygens (including phenoxy) is 1. The van der Waals surface area contributed by atoms with Gasteiger partial charge in [0.25, 0.3) is 0 Å². The Bertz CT molecular complexity index is 776. The van der Waals surface area contributed by atoms with E-state index in [0.29, 0.717) is 19.7 Å². The Balaban J connectivity index is 1.39. The van der Waals surface area contributed by atoms with Crippen LogP contribution in [0, 0.1) is 0 Å². The monoisotopic (exact) mass is 314 g/mol.